The van der Waals surface area contributed by atoms with Crippen molar-refractivity contribution in [3.63, 3.8) is 0 Å². The van der Waals surface area contributed by atoms with Crippen molar-refractivity contribution in [3.05, 3.63) is 0 Å². The molecular weight excluding hydrogens is 236 g/mol. The highest BCUT2D eigenvalue weighted by Gasteiger charge is 2.72. The molecule has 3 fully saturated rings. The van der Waals surface area contributed by atoms with Gasteiger partial charge in [0, 0.05) is 18.3 Å². The Labute approximate surface area is 117 Å². The first-order valence-corrected chi connectivity index (χ1v) is 7.90. The van der Waals surface area contributed by atoms with E-state index < -0.39 is 0 Å². The van der Waals surface area contributed by atoms with E-state index in [0.29, 0.717) is 16.7 Å². The number of rotatable bonds is 1. The molecule has 0 aliphatic heterocycles. The number of esters is 1. The Morgan fingerprint density at radius 1 is 1.05 bits per heavy atom. The van der Waals surface area contributed by atoms with Gasteiger partial charge in [0.2, 0.25) is 0 Å². The van der Waals surface area contributed by atoms with E-state index in [1.165, 1.54) is 32.1 Å². The minimum absolute atomic E-state index is 0.0949. The summed E-state index contributed by atoms with van der Waals surface area (Å²) in [5.41, 5.74) is 0.887. The van der Waals surface area contributed by atoms with Crippen LogP contribution in [0, 0.1) is 28.1 Å². The van der Waals surface area contributed by atoms with Crippen LogP contribution in [-0.2, 0) is 9.53 Å². The topological polar surface area (TPSA) is 26.3 Å². The molecule has 3 rings (SSSR count). The van der Waals surface area contributed by atoms with Crippen LogP contribution in [0.2, 0.25) is 0 Å². The van der Waals surface area contributed by atoms with Crippen LogP contribution in [0.4, 0.5) is 0 Å². The molecule has 4 unspecified atom stereocenters. The Kier molecular flexibility index (Phi) is 2.67. The minimum atomic E-state index is -0.0949. The first-order chi connectivity index (χ1) is 8.72. The van der Waals surface area contributed by atoms with Crippen LogP contribution < -0.4 is 0 Å². The SMILES string of the molecule is CC(=O)O[C@H]1C2C3CCC1(C)C3(C)CCCC2(C)C. The van der Waals surface area contributed by atoms with Gasteiger partial charge in [-0.25, -0.2) is 0 Å². The van der Waals surface area contributed by atoms with Crippen molar-refractivity contribution in [2.45, 2.75) is 72.8 Å². The van der Waals surface area contributed by atoms with Crippen molar-refractivity contribution in [1.82, 2.24) is 0 Å². The molecule has 2 nitrogen and oxygen atoms in total. The number of carbonyl (C=O) groups is 1. The van der Waals surface area contributed by atoms with Crippen molar-refractivity contribution in [2.75, 3.05) is 0 Å². The Bertz CT molecular complexity index is 413. The smallest absolute Gasteiger partial charge is 0.302 e. The number of carbonyl (C=O) groups excluding carboxylic acids is 1. The van der Waals surface area contributed by atoms with Gasteiger partial charge >= 0.3 is 5.97 Å². The molecular formula is C17H28O2. The second-order valence-corrected chi connectivity index (χ2v) is 8.38. The van der Waals surface area contributed by atoms with Gasteiger partial charge < -0.3 is 4.74 Å². The monoisotopic (exact) mass is 264 g/mol. The predicted molar refractivity (Wildman–Crippen MR) is 75.6 cm³/mol. The molecule has 19 heavy (non-hydrogen) atoms. The molecule has 0 radical (unpaired) electrons. The fourth-order valence-corrected chi connectivity index (χ4v) is 6.02. The molecule has 0 aromatic heterocycles. The van der Waals surface area contributed by atoms with Gasteiger partial charge in [-0.3, -0.25) is 4.79 Å². The second-order valence-electron chi connectivity index (χ2n) is 8.38. The first kappa shape index (κ1) is 13.5. The Balaban J connectivity index is 2.08. The third-order valence-electron chi connectivity index (χ3n) is 7.20. The van der Waals surface area contributed by atoms with Crippen LogP contribution in [0.5, 0.6) is 0 Å². The summed E-state index contributed by atoms with van der Waals surface area (Å²) in [5.74, 6) is 1.21. The number of hydrogen-bond donors (Lipinski definition) is 0. The highest BCUT2D eigenvalue weighted by Crippen LogP contribution is 2.74. The zero-order valence-electron chi connectivity index (χ0n) is 13.1. The summed E-state index contributed by atoms with van der Waals surface area (Å²) in [7, 11) is 0. The van der Waals surface area contributed by atoms with Crippen LogP contribution in [0.25, 0.3) is 0 Å². The Morgan fingerprint density at radius 3 is 2.37 bits per heavy atom. The van der Waals surface area contributed by atoms with Crippen molar-refractivity contribution in [3.8, 4) is 0 Å². The summed E-state index contributed by atoms with van der Waals surface area (Å²) in [6, 6.07) is 0. The molecule has 5 atom stereocenters. The van der Waals surface area contributed by atoms with E-state index in [2.05, 4.69) is 27.7 Å². The summed E-state index contributed by atoms with van der Waals surface area (Å²) < 4.78 is 5.88. The molecule has 0 heterocycles. The van der Waals surface area contributed by atoms with E-state index in [4.69, 9.17) is 4.74 Å². The molecule has 0 spiro atoms. The van der Waals surface area contributed by atoms with Gasteiger partial charge in [-0.05, 0) is 42.4 Å². The molecule has 0 amide bonds. The molecule has 0 aromatic rings. The van der Waals surface area contributed by atoms with E-state index >= 15 is 0 Å². The summed E-state index contributed by atoms with van der Waals surface area (Å²) in [6.45, 7) is 11.2. The highest BCUT2D eigenvalue weighted by molar-refractivity contribution is 5.66. The Hall–Kier alpha value is -0.530. The van der Waals surface area contributed by atoms with Gasteiger partial charge in [-0.2, -0.15) is 0 Å². The van der Waals surface area contributed by atoms with E-state index in [1.807, 2.05) is 0 Å². The molecule has 3 saturated carbocycles. The van der Waals surface area contributed by atoms with E-state index in [-0.39, 0.29) is 17.5 Å². The largest absolute Gasteiger partial charge is 0.462 e. The fraction of sp³-hybridized carbons (Fsp3) is 0.941. The maximum Gasteiger partial charge on any atom is 0.302 e. The summed E-state index contributed by atoms with van der Waals surface area (Å²) in [6.07, 6.45) is 6.63. The zero-order valence-corrected chi connectivity index (χ0v) is 13.1. The predicted octanol–water partition coefficient (Wildman–Crippen LogP) is 4.18. The summed E-state index contributed by atoms with van der Waals surface area (Å²) in [5, 5.41) is 0. The average molecular weight is 264 g/mol. The van der Waals surface area contributed by atoms with Gasteiger partial charge in [0.25, 0.3) is 0 Å². The van der Waals surface area contributed by atoms with Crippen LogP contribution in [0.15, 0.2) is 0 Å². The van der Waals surface area contributed by atoms with E-state index in [1.54, 1.807) is 6.92 Å². The lowest BCUT2D eigenvalue weighted by molar-refractivity contribution is -0.163. The number of hydrogen-bond acceptors (Lipinski definition) is 2. The van der Waals surface area contributed by atoms with Gasteiger partial charge in [0.05, 0.1) is 0 Å². The second kappa shape index (κ2) is 3.77. The van der Waals surface area contributed by atoms with Gasteiger partial charge in [0.15, 0.2) is 0 Å². The van der Waals surface area contributed by atoms with Crippen LogP contribution in [0.1, 0.15) is 66.7 Å². The van der Waals surface area contributed by atoms with Crippen LogP contribution in [0.3, 0.4) is 0 Å². The lowest BCUT2D eigenvalue weighted by Crippen LogP contribution is -2.46. The maximum absolute atomic E-state index is 11.6. The van der Waals surface area contributed by atoms with Gasteiger partial charge in [0.1, 0.15) is 6.10 Å². The molecule has 0 N–H and O–H groups in total. The standard InChI is InChI=1S/C17H28O2/c1-11(18)19-14-13-12-7-10-17(14,5)16(12,4)9-6-8-15(13,2)3/h12-14H,6-10H2,1-5H3/t12?,13?,14-,16?,17?/m0/s1. The average Bonchev–Trinajstić information content (AvgIpc) is 2.57. The van der Waals surface area contributed by atoms with Gasteiger partial charge in [-0.1, -0.05) is 34.1 Å². The number of ether oxygens (including phenoxy) is 1. The normalized spacial score (nSPS) is 50.9. The molecule has 4 bridgehead atoms. The van der Waals surface area contributed by atoms with Crippen molar-refractivity contribution >= 4 is 5.97 Å². The molecule has 0 aromatic carbocycles. The zero-order chi connectivity index (χ0) is 14.1. The van der Waals surface area contributed by atoms with Crippen molar-refractivity contribution in [1.29, 1.82) is 0 Å². The van der Waals surface area contributed by atoms with Crippen LogP contribution in [-0.4, -0.2) is 12.1 Å². The first-order valence-electron chi connectivity index (χ1n) is 7.90. The Morgan fingerprint density at radius 2 is 1.74 bits per heavy atom. The third kappa shape index (κ3) is 1.52. The lowest BCUT2D eigenvalue weighted by atomic mass is 9.63. The summed E-state index contributed by atoms with van der Waals surface area (Å²) >= 11 is 0. The molecule has 3 aliphatic carbocycles. The van der Waals surface area contributed by atoms with Crippen LogP contribution >= 0.6 is 0 Å². The summed E-state index contributed by atoms with van der Waals surface area (Å²) in [4.78, 5) is 11.6. The van der Waals surface area contributed by atoms with Gasteiger partial charge in [-0.15, -0.1) is 0 Å². The molecule has 0 saturated heterocycles. The molecule has 2 heteroatoms. The third-order valence-corrected chi connectivity index (χ3v) is 7.20. The van der Waals surface area contributed by atoms with Crippen molar-refractivity contribution < 1.29 is 9.53 Å². The molecule has 3 aliphatic rings. The lowest BCUT2D eigenvalue weighted by Gasteiger charge is -2.46. The minimum Gasteiger partial charge on any atom is -0.462 e. The van der Waals surface area contributed by atoms with E-state index in [0.717, 1.165) is 5.92 Å². The quantitative estimate of drug-likeness (QED) is 0.664. The molecule has 108 valence electrons. The highest BCUT2D eigenvalue weighted by atomic mass is 16.5. The fourth-order valence-electron chi connectivity index (χ4n) is 6.02. The van der Waals surface area contributed by atoms with Crippen molar-refractivity contribution in [2.24, 2.45) is 28.1 Å². The maximum atomic E-state index is 11.6. The van der Waals surface area contributed by atoms with E-state index in [9.17, 15) is 4.79 Å².